The highest BCUT2D eigenvalue weighted by Crippen LogP contribution is 2.46. The van der Waals surface area contributed by atoms with E-state index < -0.39 is 53.5 Å². The summed E-state index contributed by atoms with van der Waals surface area (Å²) in [4.78, 5) is 70.8. The molecular formula is C48H61ClN4O10S2. The molecule has 0 aliphatic carbocycles. The number of carbonyl (C=O) groups is 5. The minimum atomic E-state index is -1.25. The van der Waals surface area contributed by atoms with E-state index in [2.05, 4.69) is 34.8 Å². The fourth-order valence-electron chi connectivity index (χ4n) is 7.48. The Hall–Kier alpha value is -4.77. The van der Waals surface area contributed by atoms with E-state index in [1.165, 1.54) is 13.2 Å². The molecule has 14 nitrogen and oxygen atoms in total. The highest BCUT2D eigenvalue weighted by atomic mass is 35.5. The van der Waals surface area contributed by atoms with Crippen molar-refractivity contribution >= 4 is 63.0 Å². The maximum Gasteiger partial charge on any atom is 0.404 e. The number of nitrogens with one attached hydrogen (secondary N) is 3. The fraction of sp³-hybridized carbons (Fsp3) is 0.500. The smallest absolute Gasteiger partial charge is 0.404 e. The number of nitrogens with zero attached hydrogens (tertiary/aromatic N) is 1. The monoisotopic (exact) mass is 952 g/mol. The van der Waals surface area contributed by atoms with Gasteiger partial charge in [0, 0.05) is 42.3 Å². The number of carboxylic acid groups (broad SMARTS) is 1. The van der Waals surface area contributed by atoms with Crippen LogP contribution in [0.5, 0.6) is 5.75 Å². The largest absolute Gasteiger partial charge is 0.495 e. The van der Waals surface area contributed by atoms with Crippen LogP contribution in [0.2, 0.25) is 5.02 Å². The third kappa shape index (κ3) is 15.7. The minimum absolute atomic E-state index is 0.0312. The lowest BCUT2D eigenvalue weighted by Crippen LogP contribution is -2.51. The number of amides is 3. The number of hydrogen-bond donors (Lipinski definition) is 4. The van der Waals surface area contributed by atoms with Crippen LogP contribution in [0.25, 0.3) is 0 Å². The van der Waals surface area contributed by atoms with Gasteiger partial charge in [-0.25, -0.2) is 14.6 Å². The van der Waals surface area contributed by atoms with Crippen LogP contribution in [0.3, 0.4) is 0 Å². The molecule has 2 aliphatic rings. The molecule has 2 aromatic carbocycles. The van der Waals surface area contributed by atoms with Crippen molar-refractivity contribution in [1.29, 1.82) is 0 Å². The van der Waals surface area contributed by atoms with E-state index in [0.717, 1.165) is 16.2 Å². The van der Waals surface area contributed by atoms with Crippen LogP contribution in [0.15, 0.2) is 84.0 Å². The Labute approximate surface area is 394 Å². The number of pyridine rings is 1. The Morgan fingerprint density at radius 1 is 1.05 bits per heavy atom. The first-order chi connectivity index (χ1) is 30.7. The van der Waals surface area contributed by atoms with Gasteiger partial charge in [0.25, 0.3) is 0 Å². The van der Waals surface area contributed by atoms with Crippen molar-refractivity contribution in [1.82, 2.24) is 20.9 Å². The number of esters is 2. The minimum Gasteiger partial charge on any atom is -0.495 e. The van der Waals surface area contributed by atoms with Crippen LogP contribution in [-0.4, -0.2) is 88.7 Å². The van der Waals surface area contributed by atoms with Gasteiger partial charge in [-0.1, -0.05) is 85.6 Å². The van der Waals surface area contributed by atoms with Gasteiger partial charge in [-0.05, 0) is 111 Å². The molecule has 2 aliphatic heterocycles. The lowest BCUT2D eigenvalue weighted by atomic mass is 9.92. The van der Waals surface area contributed by atoms with Crippen LogP contribution >= 0.6 is 33.2 Å². The third-order valence-electron chi connectivity index (χ3n) is 11.1. The molecule has 65 heavy (non-hydrogen) atoms. The number of aromatic nitrogens is 1. The maximum absolute atomic E-state index is 13.9. The van der Waals surface area contributed by atoms with Crippen molar-refractivity contribution in [2.75, 3.05) is 13.7 Å². The van der Waals surface area contributed by atoms with E-state index >= 15 is 0 Å². The standard InChI is InChI=1S/C48H61ClN4O10S2/c1-28(2)22-38-44(56)61-36(12-11-13-39(54)53-35(25-31-17-20-37(60-8)34(49)24-31)43(55)51-27-47(4,5)45(57)62-38)29(3)41-42(63-41)32-18-15-30(16-19-32)23-33(52-46(58)59)26-48(6,7)65-64-40-14-9-10-21-50-40/h9-11,13-21,24,28-29,33,35-36,38,41-42,52H,12,22-23,25-27H2,1-8H3,(H,51,55)(H,53,54)(H,58,59)/t29-,33?,35+,36-,38-,41-,42-/m0/s1. The van der Waals surface area contributed by atoms with Gasteiger partial charge in [0.1, 0.15) is 29.0 Å². The fourth-order valence-corrected chi connectivity index (χ4v) is 10.0. The second-order valence-corrected chi connectivity index (χ2v) is 21.5. The summed E-state index contributed by atoms with van der Waals surface area (Å²) in [6, 6.07) is 17.3. The molecule has 17 heteroatoms. The molecule has 5 rings (SSSR count). The summed E-state index contributed by atoms with van der Waals surface area (Å²) in [5, 5.41) is 19.2. The van der Waals surface area contributed by atoms with E-state index in [4.69, 9.17) is 30.5 Å². The SMILES string of the molecule is COc1ccc(C[C@H]2NC(=O)C=CC[C@@H]([C@H](C)[C@@H]3O[C@H]3c3ccc(CC(CC(C)(C)SSc4ccccn4)NC(=O)O)cc3)OC(=O)[C@H](CC(C)C)OC(=O)C(C)(C)CNC2=O)cc1Cl. The molecule has 1 saturated heterocycles. The molecule has 3 heterocycles. The van der Waals surface area contributed by atoms with Crippen LogP contribution in [0.4, 0.5) is 4.79 Å². The number of carbonyl (C=O) groups excluding carboxylic acids is 4. The van der Waals surface area contributed by atoms with Crippen LogP contribution < -0.4 is 20.7 Å². The Morgan fingerprint density at radius 2 is 1.77 bits per heavy atom. The van der Waals surface area contributed by atoms with E-state index in [0.29, 0.717) is 29.2 Å². The van der Waals surface area contributed by atoms with Crippen molar-refractivity contribution < 1.29 is 48.0 Å². The van der Waals surface area contributed by atoms with Gasteiger partial charge in [-0.15, -0.1) is 0 Å². The molecule has 0 spiro atoms. The normalized spacial score (nSPS) is 22.8. The number of rotatable bonds is 16. The molecule has 0 saturated carbocycles. The molecule has 1 aromatic heterocycles. The summed E-state index contributed by atoms with van der Waals surface area (Å²) in [5.74, 6) is -2.41. The second-order valence-electron chi connectivity index (χ2n) is 18.2. The summed E-state index contributed by atoms with van der Waals surface area (Å²) < 4.78 is 23.2. The van der Waals surface area contributed by atoms with E-state index in [9.17, 15) is 29.1 Å². The highest BCUT2D eigenvalue weighted by molar-refractivity contribution is 8.77. The Morgan fingerprint density at radius 3 is 2.42 bits per heavy atom. The zero-order chi connectivity index (χ0) is 47.5. The molecule has 0 radical (unpaired) electrons. The Bertz CT molecular complexity index is 2160. The molecule has 1 fully saturated rings. The van der Waals surface area contributed by atoms with Gasteiger partial charge in [0.05, 0.1) is 23.7 Å². The molecular weight excluding hydrogens is 892 g/mol. The molecule has 352 valence electrons. The second kappa shape index (κ2) is 23.1. The average molecular weight is 954 g/mol. The molecule has 0 bridgehead atoms. The zero-order valence-electron chi connectivity index (χ0n) is 38.1. The first-order valence-electron chi connectivity index (χ1n) is 21.7. The summed E-state index contributed by atoms with van der Waals surface area (Å²) in [6.07, 6.45) is 2.38. The van der Waals surface area contributed by atoms with Gasteiger partial charge in [-0.3, -0.25) is 14.4 Å². The number of benzene rings is 2. The van der Waals surface area contributed by atoms with E-state index in [1.807, 2.05) is 63.2 Å². The predicted molar refractivity (Wildman–Crippen MR) is 252 cm³/mol. The van der Waals surface area contributed by atoms with Crippen molar-refractivity contribution in [3.8, 4) is 5.75 Å². The van der Waals surface area contributed by atoms with Crippen LogP contribution in [-0.2, 0) is 46.2 Å². The lowest BCUT2D eigenvalue weighted by Gasteiger charge is -2.29. The summed E-state index contributed by atoms with van der Waals surface area (Å²) in [5.41, 5.74) is 1.28. The van der Waals surface area contributed by atoms with Gasteiger partial charge in [0.2, 0.25) is 11.8 Å². The number of halogens is 1. The summed E-state index contributed by atoms with van der Waals surface area (Å²) in [7, 11) is 4.70. The van der Waals surface area contributed by atoms with Crippen molar-refractivity contribution in [2.24, 2.45) is 17.3 Å². The maximum atomic E-state index is 13.9. The Kier molecular flexibility index (Phi) is 18.2. The predicted octanol–water partition coefficient (Wildman–Crippen LogP) is 8.31. The van der Waals surface area contributed by atoms with Crippen LogP contribution in [0.1, 0.15) is 90.5 Å². The topological polar surface area (TPSA) is 195 Å². The number of hydrogen-bond acceptors (Lipinski definition) is 12. The molecule has 1 unspecified atom stereocenters. The average Bonchev–Trinajstić information content (AvgIpc) is 4.05. The van der Waals surface area contributed by atoms with Gasteiger partial charge < -0.3 is 40.0 Å². The molecule has 3 amide bonds. The van der Waals surface area contributed by atoms with Crippen molar-refractivity contribution in [3.63, 3.8) is 0 Å². The van der Waals surface area contributed by atoms with Crippen molar-refractivity contribution in [3.05, 3.63) is 101 Å². The summed E-state index contributed by atoms with van der Waals surface area (Å²) in [6.45, 7) is 13.0. The molecule has 4 N–H and O–H groups in total. The van der Waals surface area contributed by atoms with Gasteiger partial charge in [0.15, 0.2) is 6.10 Å². The summed E-state index contributed by atoms with van der Waals surface area (Å²) >= 11 is 6.37. The first-order valence-corrected chi connectivity index (χ1v) is 24.3. The number of cyclic esters (lactones) is 2. The Balaban J connectivity index is 1.31. The van der Waals surface area contributed by atoms with E-state index in [1.54, 1.807) is 65.9 Å². The number of epoxide rings is 1. The lowest BCUT2D eigenvalue weighted by molar-refractivity contribution is -0.179. The van der Waals surface area contributed by atoms with Gasteiger partial charge in [-0.2, -0.15) is 0 Å². The van der Waals surface area contributed by atoms with Crippen LogP contribution in [0, 0.1) is 17.3 Å². The number of methoxy groups -OCH3 is 1. The third-order valence-corrected chi connectivity index (χ3v) is 14.7. The van der Waals surface area contributed by atoms with Crippen molar-refractivity contribution in [2.45, 2.75) is 127 Å². The quantitative estimate of drug-likeness (QED) is 0.0609. The first kappa shape index (κ1) is 51.2. The van der Waals surface area contributed by atoms with E-state index in [-0.39, 0.29) is 60.6 Å². The molecule has 7 atom stereocenters. The highest BCUT2D eigenvalue weighted by Gasteiger charge is 2.48. The number of ether oxygens (including phenoxy) is 4. The van der Waals surface area contributed by atoms with Gasteiger partial charge >= 0.3 is 18.0 Å². The molecule has 3 aromatic rings. The zero-order valence-corrected chi connectivity index (χ0v) is 40.5.